The third-order valence-electron chi connectivity index (χ3n) is 3.96. The van der Waals surface area contributed by atoms with Gasteiger partial charge in [0.25, 0.3) is 0 Å². The van der Waals surface area contributed by atoms with E-state index < -0.39 is 10.0 Å². The van der Waals surface area contributed by atoms with Gasteiger partial charge in [-0.1, -0.05) is 23.7 Å². The maximum Gasteiger partial charge on any atom is 0.240 e. The fourth-order valence-electron chi connectivity index (χ4n) is 2.49. The number of ether oxygens (including phenoxy) is 1. The van der Waals surface area contributed by atoms with Crippen molar-refractivity contribution in [1.82, 2.24) is 4.72 Å². The monoisotopic (exact) mass is 382 g/mol. The number of methoxy groups -OCH3 is 1. The lowest BCUT2D eigenvalue weighted by atomic mass is 10.2. The van der Waals surface area contributed by atoms with Crippen LogP contribution in [0.25, 0.3) is 0 Å². The molecule has 7 heteroatoms. The molecule has 0 spiro atoms. The highest BCUT2D eigenvalue weighted by atomic mass is 35.5. The topological polar surface area (TPSA) is 58.6 Å². The molecular weight excluding hydrogens is 360 g/mol. The first-order valence-corrected chi connectivity index (χ1v) is 9.94. The Morgan fingerprint density at radius 3 is 2.24 bits per heavy atom. The van der Waals surface area contributed by atoms with E-state index in [0.29, 0.717) is 5.75 Å². The number of hydrogen-bond acceptors (Lipinski definition) is 4. The number of rotatable bonds is 8. The molecule has 1 N–H and O–H groups in total. The third-order valence-corrected chi connectivity index (χ3v) is 5.66. The van der Waals surface area contributed by atoms with Crippen molar-refractivity contribution in [3.63, 3.8) is 0 Å². The van der Waals surface area contributed by atoms with Gasteiger partial charge >= 0.3 is 0 Å². The summed E-state index contributed by atoms with van der Waals surface area (Å²) < 4.78 is 32.4. The smallest absolute Gasteiger partial charge is 0.240 e. The SMILES string of the molecule is CCN(CC)c1ccc(CNS(=O)(=O)c2ccc(OC)c(Cl)c2)cc1. The van der Waals surface area contributed by atoms with Crippen LogP contribution in [0, 0.1) is 0 Å². The van der Waals surface area contributed by atoms with Crippen LogP contribution in [0.2, 0.25) is 5.02 Å². The van der Waals surface area contributed by atoms with Crippen molar-refractivity contribution in [3.8, 4) is 5.75 Å². The summed E-state index contributed by atoms with van der Waals surface area (Å²) in [7, 11) is -2.16. The molecule has 0 unspecified atom stereocenters. The van der Waals surface area contributed by atoms with Gasteiger partial charge in [-0.2, -0.15) is 0 Å². The summed E-state index contributed by atoms with van der Waals surface area (Å²) >= 11 is 6.01. The number of halogens is 1. The molecule has 0 radical (unpaired) electrons. The van der Waals surface area contributed by atoms with Crippen molar-refractivity contribution in [2.45, 2.75) is 25.3 Å². The first kappa shape index (κ1) is 19.6. The van der Waals surface area contributed by atoms with Crippen molar-refractivity contribution in [2.24, 2.45) is 0 Å². The quantitative estimate of drug-likeness (QED) is 0.756. The van der Waals surface area contributed by atoms with Gasteiger partial charge in [0.15, 0.2) is 0 Å². The normalized spacial score (nSPS) is 11.4. The zero-order valence-electron chi connectivity index (χ0n) is 14.6. The van der Waals surface area contributed by atoms with Crippen molar-refractivity contribution in [2.75, 3.05) is 25.1 Å². The molecule has 136 valence electrons. The van der Waals surface area contributed by atoms with E-state index in [9.17, 15) is 8.42 Å². The van der Waals surface area contributed by atoms with Gasteiger partial charge in [0.2, 0.25) is 10.0 Å². The Bertz CT molecular complexity index is 804. The molecule has 0 aliphatic heterocycles. The zero-order valence-corrected chi connectivity index (χ0v) is 16.2. The number of benzene rings is 2. The standard InChI is InChI=1S/C18H23ClN2O3S/c1-4-21(5-2)15-8-6-14(7-9-15)13-20-25(22,23)16-10-11-18(24-3)17(19)12-16/h6-12,20H,4-5,13H2,1-3H3. The van der Waals surface area contributed by atoms with Crippen molar-refractivity contribution < 1.29 is 13.2 Å². The second kappa shape index (κ2) is 8.56. The Hall–Kier alpha value is -1.76. The fourth-order valence-corrected chi connectivity index (χ4v) is 3.86. The molecule has 0 amide bonds. The van der Waals surface area contributed by atoms with Gasteiger partial charge in [-0.15, -0.1) is 0 Å². The van der Waals surface area contributed by atoms with E-state index in [0.717, 1.165) is 24.3 Å². The van der Waals surface area contributed by atoms with Crippen LogP contribution in [0.1, 0.15) is 19.4 Å². The number of nitrogens with zero attached hydrogens (tertiary/aromatic N) is 1. The Labute approximate surface area is 154 Å². The Kier molecular flexibility index (Phi) is 6.70. The van der Waals surface area contributed by atoms with E-state index in [1.54, 1.807) is 0 Å². The van der Waals surface area contributed by atoms with Gasteiger partial charge in [0.1, 0.15) is 5.75 Å². The first-order valence-electron chi connectivity index (χ1n) is 8.08. The molecule has 0 aromatic heterocycles. The predicted molar refractivity (Wildman–Crippen MR) is 102 cm³/mol. The summed E-state index contributed by atoms with van der Waals surface area (Å²) in [5.41, 5.74) is 2.01. The van der Waals surface area contributed by atoms with Crippen LogP contribution in [0.4, 0.5) is 5.69 Å². The van der Waals surface area contributed by atoms with E-state index in [2.05, 4.69) is 23.5 Å². The molecule has 0 fully saturated rings. The largest absolute Gasteiger partial charge is 0.495 e. The molecule has 2 aromatic rings. The summed E-state index contributed by atoms with van der Waals surface area (Å²) in [5.74, 6) is 0.438. The van der Waals surface area contributed by atoms with Crippen molar-refractivity contribution >= 4 is 27.3 Å². The molecule has 0 saturated heterocycles. The average molecular weight is 383 g/mol. The molecule has 5 nitrogen and oxygen atoms in total. The lowest BCUT2D eigenvalue weighted by Crippen LogP contribution is -2.24. The van der Waals surface area contributed by atoms with Crippen LogP contribution in [0.3, 0.4) is 0 Å². The molecule has 0 heterocycles. The van der Waals surface area contributed by atoms with Crippen LogP contribution < -0.4 is 14.4 Å². The number of sulfonamides is 1. The van der Waals surface area contributed by atoms with E-state index >= 15 is 0 Å². The second-order valence-corrected chi connectivity index (χ2v) is 7.63. The number of nitrogens with one attached hydrogen (secondary N) is 1. The van der Waals surface area contributed by atoms with Gasteiger partial charge in [-0.3, -0.25) is 0 Å². The molecule has 0 atom stereocenters. The van der Waals surface area contributed by atoms with E-state index in [4.69, 9.17) is 16.3 Å². The highest BCUT2D eigenvalue weighted by Crippen LogP contribution is 2.27. The van der Waals surface area contributed by atoms with Gasteiger partial charge in [0.05, 0.1) is 17.0 Å². The van der Waals surface area contributed by atoms with Crippen LogP contribution in [0.5, 0.6) is 5.75 Å². The zero-order chi connectivity index (χ0) is 18.4. The van der Waals surface area contributed by atoms with Crippen LogP contribution >= 0.6 is 11.6 Å². The molecular formula is C18H23ClN2O3S. The summed E-state index contributed by atoms with van der Waals surface area (Å²) in [6, 6.07) is 12.2. The van der Waals surface area contributed by atoms with Crippen LogP contribution in [0.15, 0.2) is 47.4 Å². The summed E-state index contributed by atoms with van der Waals surface area (Å²) in [4.78, 5) is 2.34. The average Bonchev–Trinajstić information content (AvgIpc) is 2.62. The molecule has 0 saturated carbocycles. The third kappa shape index (κ3) is 4.87. The second-order valence-electron chi connectivity index (χ2n) is 5.46. The van der Waals surface area contributed by atoms with Crippen molar-refractivity contribution in [3.05, 3.63) is 53.1 Å². The van der Waals surface area contributed by atoms with E-state index in [1.807, 2.05) is 24.3 Å². The van der Waals surface area contributed by atoms with Gasteiger partial charge in [-0.05, 0) is 49.7 Å². The molecule has 0 aliphatic carbocycles. The Morgan fingerprint density at radius 1 is 1.08 bits per heavy atom. The van der Waals surface area contributed by atoms with Crippen LogP contribution in [-0.2, 0) is 16.6 Å². The van der Waals surface area contributed by atoms with Gasteiger partial charge in [-0.25, -0.2) is 13.1 Å². The first-order chi connectivity index (χ1) is 11.9. The predicted octanol–water partition coefficient (Wildman–Crippen LogP) is 3.67. The molecule has 0 bridgehead atoms. The van der Waals surface area contributed by atoms with Gasteiger partial charge < -0.3 is 9.64 Å². The van der Waals surface area contributed by atoms with E-state index in [1.165, 1.54) is 25.3 Å². The van der Waals surface area contributed by atoms with Crippen LogP contribution in [-0.4, -0.2) is 28.6 Å². The molecule has 0 aliphatic rings. The summed E-state index contributed by atoms with van der Waals surface area (Å²) in [6.07, 6.45) is 0. The molecule has 25 heavy (non-hydrogen) atoms. The minimum atomic E-state index is -3.64. The maximum absolute atomic E-state index is 12.4. The fraction of sp³-hybridized carbons (Fsp3) is 0.333. The number of hydrogen-bond donors (Lipinski definition) is 1. The van der Waals surface area contributed by atoms with E-state index in [-0.39, 0.29) is 16.5 Å². The Balaban J connectivity index is 2.08. The minimum absolute atomic E-state index is 0.109. The molecule has 2 aromatic carbocycles. The highest BCUT2D eigenvalue weighted by molar-refractivity contribution is 7.89. The van der Waals surface area contributed by atoms with Gasteiger partial charge in [0, 0.05) is 25.3 Å². The van der Waals surface area contributed by atoms with Crippen molar-refractivity contribution in [1.29, 1.82) is 0 Å². The Morgan fingerprint density at radius 2 is 1.72 bits per heavy atom. The minimum Gasteiger partial charge on any atom is -0.495 e. The molecule has 2 rings (SSSR count). The summed E-state index contributed by atoms with van der Waals surface area (Å²) in [5, 5.41) is 0.258. The summed E-state index contributed by atoms with van der Waals surface area (Å²) in [6.45, 7) is 6.28. The lowest BCUT2D eigenvalue weighted by Gasteiger charge is -2.21. The highest BCUT2D eigenvalue weighted by Gasteiger charge is 2.16. The number of anilines is 1. The maximum atomic E-state index is 12.4. The lowest BCUT2D eigenvalue weighted by molar-refractivity contribution is 0.414.